The fourth-order valence-corrected chi connectivity index (χ4v) is 2.31. The molecular formula is C12H16BNO2. The van der Waals surface area contributed by atoms with Crippen molar-refractivity contribution in [3.63, 3.8) is 0 Å². The number of hydrogen-bond acceptors (Lipinski definition) is 3. The molecule has 0 unspecified atom stereocenters. The van der Waals surface area contributed by atoms with Crippen LogP contribution >= 0.6 is 0 Å². The molecule has 0 atom stereocenters. The summed E-state index contributed by atoms with van der Waals surface area (Å²) in [4.78, 5) is 0. The van der Waals surface area contributed by atoms with Crippen LogP contribution in [0.4, 0.5) is 0 Å². The van der Waals surface area contributed by atoms with Crippen molar-refractivity contribution in [1.29, 1.82) is 0 Å². The molecule has 0 radical (unpaired) electrons. The molecule has 2 saturated carbocycles. The Labute approximate surface area is 95.7 Å². The molecule has 0 saturated heterocycles. The number of hydrogen-bond donors (Lipinski definition) is 2. The molecule has 2 aliphatic rings. The molecule has 3 N–H and O–H groups in total. The predicted molar refractivity (Wildman–Crippen MR) is 63.3 cm³/mol. The van der Waals surface area contributed by atoms with E-state index >= 15 is 0 Å². The summed E-state index contributed by atoms with van der Waals surface area (Å²) in [5.41, 5.74) is 3.49. The number of benzene rings is 1. The van der Waals surface area contributed by atoms with Gasteiger partial charge in [-0.3, -0.25) is 0 Å². The Morgan fingerprint density at radius 2 is 1.88 bits per heavy atom. The molecule has 4 heteroatoms. The minimum Gasteiger partial charge on any atom is -0.422 e. The molecular weight excluding hydrogens is 201 g/mol. The summed E-state index contributed by atoms with van der Waals surface area (Å²) in [5, 5.41) is 9.68. The lowest BCUT2D eigenvalue weighted by Gasteiger charge is -2.12. The van der Waals surface area contributed by atoms with Crippen LogP contribution in [-0.2, 0) is 4.76 Å². The molecule has 3 nitrogen and oxygen atoms in total. The Hall–Kier alpha value is -0.835. The lowest BCUT2D eigenvalue weighted by atomic mass is 9.75. The Bertz CT molecular complexity index is 402. The smallest absolute Gasteiger partial charge is 0.422 e. The van der Waals surface area contributed by atoms with Crippen molar-refractivity contribution in [1.82, 2.24) is 0 Å². The van der Waals surface area contributed by atoms with Gasteiger partial charge in [0.25, 0.3) is 0 Å². The zero-order chi connectivity index (χ0) is 11.1. The molecule has 0 aromatic heterocycles. The second-order valence-electron chi connectivity index (χ2n) is 4.93. The van der Waals surface area contributed by atoms with Gasteiger partial charge in [-0.05, 0) is 54.1 Å². The molecule has 0 spiro atoms. The Morgan fingerprint density at radius 3 is 2.44 bits per heavy atom. The molecule has 3 rings (SSSR count). The van der Waals surface area contributed by atoms with Crippen LogP contribution in [0.25, 0.3) is 0 Å². The van der Waals surface area contributed by atoms with E-state index < -0.39 is 7.12 Å². The Balaban J connectivity index is 1.96. The van der Waals surface area contributed by atoms with Crippen molar-refractivity contribution >= 4 is 12.6 Å². The maximum atomic E-state index is 9.68. The van der Waals surface area contributed by atoms with Gasteiger partial charge >= 0.3 is 7.12 Å². The van der Waals surface area contributed by atoms with E-state index in [2.05, 4.69) is 16.9 Å². The van der Waals surface area contributed by atoms with Crippen LogP contribution in [0.5, 0.6) is 0 Å². The molecule has 1 aromatic carbocycles. The standard InChI is InChI=1S/C12H16BNO2/c14-16-13(15)12-6-5-10(8-1-2-8)7-11(12)9-3-4-9/h5-9,15H,1-4,14H2. The summed E-state index contributed by atoms with van der Waals surface area (Å²) in [6.45, 7) is 0. The highest BCUT2D eigenvalue weighted by molar-refractivity contribution is 6.60. The first kappa shape index (κ1) is 10.3. The fourth-order valence-electron chi connectivity index (χ4n) is 2.31. The van der Waals surface area contributed by atoms with E-state index in [1.54, 1.807) is 0 Å². The molecule has 2 aliphatic carbocycles. The van der Waals surface area contributed by atoms with Crippen LogP contribution < -0.4 is 11.4 Å². The fraction of sp³-hybridized carbons (Fsp3) is 0.500. The first-order valence-corrected chi connectivity index (χ1v) is 5.97. The van der Waals surface area contributed by atoms with Gasteiger partial charge in [-0.2, -0.15) is 0 Å². The number of nitrogens with two attached hydrogens (primary N) is 1. The van der Waals surface area contributed by atoms with Crippen LogP contribution in [0, 0.1) is 0 Å². The molecule has 84 valence electrons. The van der Waals surface area contributed by atoms with E-state index in [4.69, 9.17) is 5.90 Å². The third-order valence-electron chi connectivity index (χ3n) is 3.57. The van der Waals surface area contributed by atoms with E-state index in [1.807, 2.05) is 6.07 Å². The van der Waals surface area contributed by atoms with Crippen LogP contribution in [-0.4, -0.2) is 12.1 Å². The molecule has 0 amide bonds. The molecule has 0 bridgehead atoms. The Morgan fingerprint density at radius 1 is 1.19 bits per heavy atom. The van der Waals surface area contributed by atoms with Gasteiger partial charge in [-0.25, -0.2) is 5.90 Å². The second kappa shape index (κ2) is 3.88. The van der Waals surface area contributed by atoms with Crippen LogP contribution in [0.15, 0.2) is 18.2 Å². The zero-order valence-electron chi connectivity index (χ0n) is 9.23. The van der Waals surface area contributed by atoms with Gasteiger partial charge in [0.1, 0.15) is 0 Å². The minimum atomic E-state index is -0.983. The van der Waals surface area contributed by atoms with Crippen LogP contribution in [0.1, 0.15) is 48.6 Å². The molecule has 0 aliphatic heterocycles. The summed E-state index contributed by atoms with van der Waals surface area (Å²) < 4.78 is 4.53. The zero-order valence-corrected chi connectivity index (χ0v) is 9.23. The van der Waals surface area contributed by atoms with Gasteiger partial charge in [0.2, 0.25) is 0 Å². The normalized spacial score (nSPS) is 19.9. The largest absolute Gasteiger partial charge is 0.508 e. The van der Waals surface area contributed by atoms with E-state index in [0.29, 0.717) is 5.92 Å². The van der Waals surface area contributed by atoms with Crippen molar-refractivity contribution in [2.75, 3.05) is 0 Å². The predicted octanol–water partition coefficient (Wildman–Crippen LogP) is 1.02. The minimum absolute atomic E-state index is 0.610. The molecule has 1 aromatic rings. The highest BCUT2D eigenvalue weighted by Crippen LogP contribution is 2.44. The monoisotopic (exact) mass is 217 g/mol. The highest BCUT2D eigenvalue weighted by Gasteiger charge is 2.32. The first-order chi connectivity index (χ1) is 7.79. The topological polar surface area (TPSA) is 55.5 Å². The quantitative estimate of drug-likeness (QED) is 0.584. The average Bonchev–Trinajstić information content (AvgIpc) is 3.20. The van der Waals surface area contributed by atoms with E-state index in [0.717, 1.165) is 11.4 Å². The van der Waals surface area contributed by atoms with Crippen molar-refractivity contribution in [3.05, 3.63) is 29.3 Å². The Kier molecular flexibility index (Phi) is 2.50. The summed E-state index contributed by atoms with van der Waals surface area (Å²) in [5.74, 6) is 6.42. The molecule has 2 fully saturated rings. The van der Waals surface area contributed by atoms with E-state index in [1.165, 1.54) is 36.8 Å². The van der Waals surface area contributed by atoms with Crippen molar-refractivity contribution < 1.29 is 9.78 Å². The summed E-state index contributed by atoms with van der Waals surface area (Å²) in [6.07, 6.45) is 5.05. The van der Waals surface area contributed by atoms with Crippen molar-refractivity contribution in [3.8, 4) is 0 Å². The third-order valence-corrected chi connectivity index (χ3v) is 3.57. The first-order valence-electron chi connectivity index (χ1n) is 5.97. The van der Waals surface area contributed by atoms with Crippen molar-refractivity contribution in [2.24, 2.45) is 5.90 Å². The van der Waals surface area contributed by atoms with Crippen LogP contribution in [0.3, 0.4) is 0 Å². The van der Waals surface area contributed by atoms with Gasteiger partial charge in [0.05, 0.1) is 0 Å². The van der Waals surface area contributed by atoms with Crippen LogP contribution in [0.2, 0.25) is 0 Å². The van der Waals surface area contributed by atoms with Crippen molar-refractivity contribution in [2.45, 2.75) is 37.5 Å². The molecule has 0 heterocycles. The second-order valence-corrected chi connectivity index (χ2v) is 4.93. The van der Waals surface area contributed by atoms with Gasteiger partial charge in [-0.15, -0.1) is 0 Å². The third kappa shape index (κ3) is 1.88. The average molecular weight is 217 g/mol. The van der Waals surface area contributed by atoms with E-state index in [9.17, 15) is 5.02 Å². The number of rotatable bonds is 4. The highest BCUT2D eigenvalue weighted by atomic mass is 16.6. The van der Waals surface area contributed by atoms with Gasteiger partial charge in [-0.1, -0.05) is 18.2 Å². The van der Waals surface area contributed by atoms with Gasteiger partial charge in [0, 0.05) is 0 Å². The maximum absolute atomic E-state index is 9.68. The summed E-state index contributed by atoms with van der Waals surface area (Å²) in [6, 6.07) is 6.31. The lowest BCUT2D eigenvalue weighted by Crippen LogP contribution is -2.38. The summed E-state index contributed by atoms with van der Waals surface area (Å²) in [7, 11) is -0.983. The lowest BCUT2D eigenvalue weighted by molar-refractivity contribution is 0.281. The summed E-state index contributed by atoms with van der Waals surface area (Å²) >= 11 is 0. The SMILES string of the molecule is NOB(O)c1ccc(C2CC2)cc1C1CC1. The maximum Gasteiger partial charge on any atom is 0.508 e. The molecule has 16 heavy (non-hydrogen) atoms. The van der Waals surface area contributed by atoms with Gasteiger partial charge < -0.3 is 9.78 Å². The van der Waals surface area contributed by atoms with E-state index in [-0.39, 0.29) is 0 Å². The van der Waals surface area contributed by atoms with Gasteiger partial charge in [0.15, 0.2) is 0 Å².